The standard InChI is InChI=1S/C7H13NO2S/c9-11(10)4-3-8-5-7(11)6-1-2-6/h6-8H,1-5H2/t7-/m0/s1. The van der Waals surface area contributed by atoms with Crippen molar-refractivity contribution in [2.24, 2.45) is 5.92 Å². The highest BCUT2D eigenvalue weighted by Gasteiger charge is 2.40. The van der Waals surface area contributed by atoms with E-state index in [0.717, 1.165) is 12.8 Å². The van der Waals surface area contributed by atoms with E-state index >= 15 is 0 Å². The predicted octanol–water partition coefficient (Wildman–Crippen LogP) is -0.217. The van der Waals surface area contributed by atoms with Crippen LogP contribution in [0.1, 0.15) is 12.8 Å². The van der Waals surface area contributed by atoms with E-state index in [2.05, 4.69) is 5.32 Å². The summed E-state index contributed by atoms with van der Waals surface area (Å²) in [7, 11) is -2.72. The summed E-state index contributed by atoms with van der Waals surface area (Å²) < 4.78 is 22.8. The molecule has 0 radical (unpaired) electrons. The first-order valence-corrected chi connectivity index (χ1v) is 5.84. The summed E-state index contributed by atoms with van der Waals surface area (Å²) in [6.07, 6.45) is 2.23. The monoisotopic (exact) mass is 175 g/mol. The second-order valence-corrected chi connectivity index (χ2v) is 5.79. The minimum Gasteiger partial charge on any atom is -0.314 e. The van der Waals surface area contributed by atoms with Gasteiger partial charge in [0.1, 0.15) is 0 Å². The summed E-state index contributed by atoms with van der Waals surface area (Å²) in [6.45, 7) is 1.33. The number of nitrogens with one attached hydrogen (secondary N) is 1. The SMILES string of the molecule is O=S1(=O)CCNC[C@H]1C1CC1. The average Bonchev–Trinajstić information content (AvgIpc) is 2.69. The highest BCUT2D eigenvalue weighted by molar-refractivity contribution is 7.92. The van der Waals surface area contributed by atoms with E-state index < -0.39 is 9.84 Å². The minimum absolute atomic E-state index is 0.0590. The second-order valence-electron chi connectivity index (χ2n) is 3.45. The van der Waals surface area contributed by atoms with Crippen molar-refractivity contribution in [3.63, 3.8) is 0 Å². The lowest BCUT2D eigenvalue weighted by Crippen LogP contribution is -2.45. The largest absolute Gasteiger partial charge is 0.314 e. The molecule has 0 bridgehead atoms. The maximum Gasteiger partial charge on any atom is 0.155 e. The smallest absolute Gasteiger partial charge is 0.155 e. The molecular weight excluding hydrogens is 162 g/mol. The summed E-state index contributed by atoms with van der Waals surface area (Å²) in [4.78, 5) is 0. The molecule has 0 spiro atoms. The Morgan fingerprint density at radius 1 is 1.27 bits per heavy atom. The number of hydrogen-bond acceptors (Lipinski definition) is 3. The molecule has 0 aromatic rings. The van der Waals surface area contributed by atoms with E-state index in [1.165, 1.54) is 0 Å². The zero-order chi connectivity index (χ0) is 7.90. The van der Waals surface area contributed by atoms with Gasteiger partial charge in [0.25, 0.3) is 0 Å². The summed E-state index contributed by atoms with van der Waals surface area (Å²) in [5.41, 5.74) is 0. The topological polar surface area (TPSA) is 46.2 Å². The molecule has 0 aromatic carbocycles. The fraction of sp³-hybridized carbons (Fsp3) is 1.00. The quantitative estimate of drug-likeness (QED) is 0.599. The molecule has 11 heavy (non-hydrogen) atoms. The Bertz CT molecular complexity index is 243. The molecule has 1 heterocycles. The number of rotatable bonds is 1. The van der Waals surface area contributed by atoms with Crippen molar-refractivity contribution in [2.45, 2.75) is 18.1 Å². The number of sulfone groups is 1. The maximum atomic E-state index is 11.4. The molecule has 1 N–H and O–H groups in total. The van der Waals surface area contributed by atoms with E-state index in [4.69, 9.17) is 0 Å². The Morgan fingerprint density at radius 2 is 2.00 bits per heavy atom. The van der Waals surface area contributed by atoms with Crippen LogP contribution in [0.5, 0.6) is 0 Å². The molecule has 1 atom stereocenters. The van der Waals surface area contributed by atoms with Crippen LogP contribution in [0.15, 0.2) is 0 Å². The maximum absolute atomic E-state index is 11.4. The Morgan fingerprint density at radius 3 is 2.55 bits per heavy atom. The van der Waals surface area contributed by atoms with Gasteiger partial charge in [0.15, 0.2) is 9.84 Å². The van der Waals surface area contributed by atoms with Gasteiger partial charge in [-0.05, 0) is 18.8 Å². The molecule has 3 nitrogen and oxygen atoms in total. The van der Waals surface area contributed by atoms with Crippen LogP contribution in [0.4, 0.5) is 0 Å². The molecular formula is C7H13NO2S. The normalized spacial score (nSPS) is 36.9. The van der Waals surface area contributed by atoms with Gasteiger partial charge in [0.2, 0.25) is 0 Å². The molecule has 1 saturated heterocycles. The number of hydrogen-bond donors (Lipinski definition) is 1. The average molecular weight is 175 g/mol. The predicted molar refractivity (Wildman–Crippen MR) is 43.2 cm³/mol. The Hall–Kier alpha value is -0.0900. The van der Waals surface area contributed by atoms with E-state index in [1.807, 2.05) is 0 Å². The summed E-state index contributed by atoms with van der Waals surface area (Å²) in [5.74, 6) is 0.821. The third-order valence-electron chi connectivity index (χ3n) is 2.52. The first kappa shape index (κ1) is 7.55. The van der Waals surface area contributed by atoms with Crippen LogP contribution in [-0.4, -0.2) is 32.5 Å². The van der Waals surface area contributed by atoms with Gasteiger partial charge in [-0.15, -0.1) is 0 Å². The molecule has 1 aliphatic carbocycles. The molecule has 2 fully saturated rings. The lowest BCUT2D eigenvalue weighted by Gasteiger charge is -2.22. The Balaban J connectivity index is 2.15. The minimum atomic E-state index is -2.72. The van der Waals surface area contributed by atoms with E-state index in [0.29, 0.717) is 24.8 Å². The molecule has 1 saturated carbocycles. The summed E-state index contributed by atoms with van der Waals surface area (Å²) in [6, 6.07) is 0. The van der Waals surface area contributed by atoms with E-state index in [-0.39, 0.29) is 5.25 Å². The molecule has 0 unspecified atom stereocenters. The van der Waals surface area contributed by atoms with Crippen molar-refractivity contribution in [3.8, 4) is 0 Å². The van der Waals surface area contributed by atoms with Crippen LogP contribution in [-0.2, 0) is 9.84 Å². The zero-order valence-corrected chi connectivity index (χ0v) is 7.23. The molecule has 64 valence electrons. The molecule has 0 aromatic heterocycles. The van der Waals surface area contributed by atoms with Gasteiger partial charge in [0.05, 0.1) is 11.0 Å². The summed E-state index contributed by atoms with van der Waals surface area (Å²) in [5, 5.41) is 3.07. The van der Waals surface area contributed by atoms with Gasteiger partial charge in [-0.2, -0.15) is 0 Å². The van der Waals surface area contributed by atoms with Gasteiger partial charge >= 0.3 is 0 Å². The highest BCUT2D eigenvalue weighted by Crippen LogP contribution is 2.36. The third-order valence-corrected chi connectivity index (χ3v) is 4.77. The zero-order valence-electron chi connectivity index (χ0n) is 6.41. The van der Waals surface area contributed by atoms with Crippen LogP contribution in [0.3, 0.4) is 0 Å². The van der Waals surface area contributed by atoms with Gasteiger partial charge in [-0.3, -0.25) is 0 Å². The summed E-state index contributed by atoms with van der Waals surface area (Å²) >= 11 is 0. The first-order chi connectivity index (χ1) is 5.20. The van der Waals surface area contributed by atoms with E-state index in [1.54, 1.807) is 0 Å². The van der Waals surface area contributed by atoms with Crippen LogP contribution in [0.2, 0.25) is 0 Å². The molecule has 2 aliphatic rings. The van der Waals surface area contributed by atoms with Gasteiger partial charge in [-0.1, -0.05) is 0 Å². The van der Waals surface area contributed by atoms with Crippen molar-refractivity contribution in [2.75, 3.05) is 18.8 Å². The van der Waals surface area contributed by atoms with Crippen LogP contribution < -0.4 is 5.32 Å². The van der Waals surface area contributed by atoms with Crippen LogP contribution in [0.25, 0.3) is 0 Å². The van der Waals surface area contributed by atoms with Crippen molar-refractivity contribution in [1.29, 1.82) is 0 Å². The molecule has 0 amide bonds. The third kappa shape index (κ3) is 1.42. The fourth-order valence-corrected chi connectivity index (χ4v) is 3.63. The van der Waals surface area contributed by atoms with E-state index in [9.17, 15) is 8.42 Å². The van der Waals surface area contributed by atoms with Crippen molar-refractivity contribution < 1.29 is 8.42 Å². The van der Waals surface area contributed by atoms with Gasteiger partial charge in [-0.25, -0.2) is 8.42 Å². The second kappa shape index (κ2) is 2.45. The van der Waals surface area contributed by atoms with Crippen molar-refractivity contribution >= 4 is 9.84 Å². The fourth-order valence-electron chi connectivity index (χ4n) is 1.66. The van der Waals surface area contributed by atoms with Gasteiger partial charge in [0, 0.05) is 13.1 Å². The lowest BCUT2D eigenvalue weighted by molar-refractivity contribution is 0.527. The Labute approximate surface area is 67.1 Å². The Kier molecular flexibility index (Phi) is 1.68. The van der Waals surface area contributed by atoms with Crippen LogP contribution in [0, 0.1) is 5.92 Å². The van der Waals surface area contributed by atoms with Crippen LogP contribution >= 0.6 is 0 Å². The van der Waals surface area contributed by atoms with Gasteiger partial charge < -0.3 is 5.32 Å². The molecule has 1 aliphatic heterocycles. The molecule has 2 rings (SSSR count). The highest BCUT2D eigenvalue weighted by atomic mass is 32.2. The molecule has 4 heteroatoms. The van der Waals surface area contributed by atoms with Crippen molar-refractivity contribution in [1.82, 2.24) is 5.32 Å². The first-order valence-electron chi connectivity index (χ1n) is 4.12. The lowest BCUT2D eigenvalue weighted by atomic mass is 10.3. The van der Waals surface area contributed by atoms with Crippen molar-refractivity contribution in [3.05, 3.63) is 0 Å².